The first-order chi connectivity index (χ1) is 8.77. The van der Waals surface area contributed by atoms with Crippen molar-refractivity contribution in [3.05, 3.63) is 28.8 Å². The monoisotopic (exact) mass is 263 g/mol. The first-order valence-electron chi connectivity index (χ1n) is 6.80. The van der Waals surface area contributed by atoms with E-state index in [2.05, 4.69) is 39.8 Å². The molecule has 0 amide bonds. The van der Waals surface area contributed by atoms with Crippen LogP contribution >= 0.6 is 0 Å². The van der Waals surface area contributed by atoms with Crippen LogP contribution in [0.4, 0.5) is 0 Å². The van der Waals surface area contributed by atoms with Gasteiger partial charge >= 0.3 is 0 Å². The molecule has 0 unspecified atom stereocenters. The molecule has 3 nitrogen and oxygen atoms in total. The highest BCUT2D eigenvalue weighted by atomic mass is 16.5. The van der Waals surface area contributed by atoms with E-state index >= 15 is 0 Å². The van der Waals surface area contributed by atoms with E-state index in [1.807, 2.05) is 0 Å². The molecule has 1 fully saturated rings. The highest BCUT2D eigenvalue weighted by molar-refractivity contribution is 5.46. The highest BCUT2D eigenvalue weighted by Crippen LogP contribution is 2.42. The largest absolute Gasteiger partial charge is 0.496 e. The van der Waals surface area contributed by atoms with Crippen molar-refractivity contribution < 1.29 is 9.47 Å². The van der Waals surface area contributed by atoms with Crippen LogP contribution in [0.15, 0.2) is 12.1 Å². The van der Waals surface area contributed by atoms with Gasteiger partial charge in [-0.05, 0) is 56.9 Å². The van der Waals surface area contributed by atoms with E-state index in [0.717, 1.165) is 25.4 Å². The number of aryl methyl sites for hydroxylation is 2. The molecule has 0 spiro atoms. The minimum Gasteiger partial charge on any atom is -0.496 e. The summed E-state index contributed by atoms with van der Waals surface area (Å²) in [6.07, 6.45) is 0.937. The molecular weight excluding hydrogens is 238 g/mol. The molecule has 0 radical (unpaired) electrons. The molecule has 1 heterocycles. The quantitative estimate of drug-likeness (QED) is 0.908. The summed E-state index contributed by atoms with van der Waals surface area (Å²) in [5.41, 5.74) is 9.90. The van der Waals surface area contributed by atoms with E-state index in [1.54, 1.807) is 7.11 Å². The number of nitrogens with two attached hydrogens (primary N) is 1. The number of rotatable bonds is 4. The second-order valence-corrected chi connectivity index (χ2v) is 6.58. The van der Waals surface area contributed by atoms with Crippen LogP contribution in [-0.4, -0.2) is 25.9 Å². The van der Waals surface area contributed by atoms with Crippen LogP contribution in [-0.2, 0) is 10.2 Å². The average Bonchev–Trinajstić information content (AvgIpc) is 2.25. The van der Waals surface area contributed by atoms with Gasteiger partial charge in [0.1, 0.15) is 5.75 Å². The molecule has 0 atom stereocenters. The molecule has 0 saturated carbocycles. The lowest BCUT2D eigenvalue weighted by Gasteiger charge is -2.46. The van der Waals surface area contributed by atoms with Crippen molar-refractivity contribution >= 4 is 0 Å². The van der Waals surface area contributed by atoms with Crippen molar-refractivity contribution in [3.8, 4) is 5.75 Å². The van der Waals surface area contributed by atoms with Gasteiger partial charge in [-0.1, -0.05) is 6.07 Å². The molecule has 1 aromatic rings. The van der Waals surface area contributed by atoms with Crippen LogP contribution in [0.25, 0.3) is 0 Å². The van der Waals surface area contributed by atoms with Crippen LogP contribution in [0.2, 0.25) is 0 Å². The highest BCUT2D eigenvalue weighted by Gasteiger charge is 2.44. The Hall–Kier alpha value is -1.06. The zero-order valence-corrected chi connectivity index (χ0v) is 12.7. The molecule has 1 aromatic carbocycles. The van der Waals surface area contributed by atoms with E-state index in [4.69, 9.17) is 15.2 Å². The number of benzene rings is 1. The molecular formula is C16H25NO2. The Balaban J connectivity index is 2.42. The lowest BCUT2D eigenvalue weighted by atomic mass is 9.69. The van der Waals surface area contributed by atoms with E-state index in [9.17, 15) is 0 Å². The molecule has 1 saturated heterocycles. The fraction of sp³-hybridized carbons (Fsp3) is 0.625. The minimum absolute atomic E-state index is 0.0688. The van der Waals surface area contributed by atoms with Gasteiger partial charge in [0.05, 0.1) is 20.3 Å². The Labute approximate surface area is 116 Å². The molecule has 1 aliphatic rings. The normalized spacial score (nSPS) is 18.0. The Morgan fingerprint density at radius 1 is 1.26 bits per heavy atom. The van der Waals surface area contributed by atoms with Crippen LogP contribution < -0.4 is 10.5 Å². The zero-order valence-electron chi connectivity index (χ0n) is 12.7. The summed E-state index contributed by atoms with van der Waals surface area (Å²) in [7, 11) is 1.71. The summed E-state index contributed by atoms with van der Waals surface area (Å²) in [5.74, 6) is 0.948. The van der Waals surface area contributed by atoms with Crippen LogP contribution in [0.3, 0.4) is 0 Å². The Kier molecular flexibility index (Phi) is 3.63. The second kappa shape index (κ2) is 4.80. The molecule has 19 heavy (non-hydrogen) atoms. The van der Waals surface area contributed by atoms with Crippen LogP contribution in [0.5, 0.6) is 5.75 Å². The maximum absolute atomic E-state index is 6.23. The lowest BCUT2D eigenvalue weighted by molar-refractivity contribution is -0.0722. The van der Waals surface area contributed by atoms with Crippen molar-refractivity contribution in [2.45, 2.75) is 45.1 Å². The van der Waals surface area contributed by atoms with E-state index in [0.29, 0.717) is 0 Å². The van der Waals surface area contributed by atoms with Crippen molar-refractivity contribution in [3.63, 3.8) is 0 Å². The fourth-order valence-electron chi connectivity index (χ4n) is 3.15. The summed E-state index contributed by atoms with van der Waals surface area (Å²) < 4.78 is 10.9. The number of ether oxygens (including phenoxy) is 2. The van der Waals surface area contributed by atoms with Crippen LogP contribution in [0, 0.1) is 13.8 Å². The fourth-order valence-corrected chi connectivity index (χ4v) is 3.15. The molecule has 2 N–H and O–H groups in total. The number of methoxy groups -OCH3 is 1. The third-order valence-electron chi connectivity index (χ3n) is 3.86. The van der Waals surface area contributed by atoms with Gasteiger partial charge in [0.25, 0.3) is 0 Å². The lowest BCUT2D eigenvalue weighted by Crippen LogP contribution is -2.53. The van der Waals surface area contributed by atoms with Crippen LogP contribution in [0.1, 0.15) is 37.0 Å². The summed E-state index contributed by atoms with van der Waals surface area (Å²) in [6.45, 7) is 9.92. The van der Waals surface area contributed by atoms with Gasteiger partial charge in [-0.25, -0.2) is 0 Å². The topological polar surface area (TPSA) is 44.5 Å². The standard InChI is InChI=1S/C16H25NO2/c1-11-7-14(18-5)12(2)6-13(11)16(9-19-10-16)8-15(3,4)17/h6-7H,8-10,17H2,1-5H3. The summed E-state index contributed by atoms with van der Waals surface area (Å²) in [6, 6.07) is 4.36. The van der Waals surface area contributed by atoms with Crippen molar-refractivity contribution in [1.29, 1.82) is 0 Å². The van der Waals surface area contributed by atoms with Gasteiger partial charge in [0.15, 0.2) is 0 Å². The minimum atomic E-state index is -0.190. The third-order valence-corrected chi connectivity index (χ3v) is 3.86. The Morgan fingerprint density at radius 3 is 2.32 bits per heavy atom. The van der Waals surface area contributed by atoms with Gasteiger partial charge < -0.3 is 15.2 Å². The average molecular weight is 263 g/mol. The van der Waals surface area contributed by atoms with Crippen molar-refractivity contribution in [2.24, 2.45) is 5.73 Å². The molecule has 3 heteroatoms. The molecule has 0 aromatic heterocycles. The molecule has 0 aliphatic carbocycles. The van der Waals surface area contributed by atoms with Crippen molar-refractivity contribution in [1.82, 2.24) is 0 Å². The summed E-state index contributed by atoms with van der Waals surface area (Å²) >= 11 is 0. The first kappa shape index (κ1) is 14.4. The smallest absolute Gasteiger partial charge is 0.122 e. The Bertz CT molecular complexity index is 470. The maximum Gasteiger partial charge on any atom is 0.122 e. The van der Waals surface area contributed by atoms with Gasteiger partial charge in [-0.15, -0.1) is 0 Å². The molecule has 106 valence electrons. The predicted octanol–water partition coefficient (Wildman–Crippen LogP) is 2.71. The first-order valence-corrected chi connectivity index (χ1v) is 6.80. The molecule has 2 rings (SSSR count). The third kappa shape index (κ3) is 2.77. The molecule has 0 bridgehead atoms. The van der Waals surface area contributed by atoms with Gasteiger partial charge in [-0.3, -0.25) is 0 Å². The molecule has 1 aliphatic heterocycles. The van der Waals surface area contributed by atoms with E-state index in [1.165, 1.54) is 16.7 Å². The SMILES string of the molecule is COc1cc(C)c(C2(CC(C)(C)N)COC2)cc1C. The van der Waals surface area contributed by atoms with E-state index < -0.39 is 0 Å². The van der Waals surface area contributed by atoms with Gasteiger partial charge in [0.2, 0.25) is 0 Å². The van der Waals surface area contributed by atoms with Gasteiger partial charge in [0, 0.05) is 11.0 Å². The predicted molar refractivity (Wildman–Crippen MR) is 77.8 cm³/mol. The maximum atomic E-state index is 6.23. The summed E-state index contributed by atoms with van der Waals surface area (Å²) in [5, 5.41) is 0. The zero-order chi connectivity index (χ0) is 14.3. The Morgan fingerprint density at radius 2 is 1.89 bits per heavy atom. The number of hydrogen-bond donors (Lipinski definition) is 1. The number of hydrogen-bond acceptors (Lipinski definition) is 3. The van der Waals surface area contributed by atoms with E-state index in [-0.39, 0.29) is 11.0 Å². The van der Waals surface area contributed by atoms with Crippen molar-refractivity contribution in [2.75, 3.05) is 20.3 Å². The summed E-state index contributed by atoms with van der Waals surface area (Å²) in [4.78, 5) is 0. The van der Waals surface area contributed by atoms with Gasteiger partial charge in [-0.2, -0.15) is 0 Å². The second-order valence-electron chi connectivity index (χ2n) is 6.58.